The van der Waals surface area contributed by atoms with Gasteiger partial charge in [-0.25, -0.2) is 4.68 Å². The summed E-state index contributed by atoms with van der Waals surface area (Å²) in [7, 11) is 6.38. The molecule has 1 aromatic heterocycles. The quantitative estimate of drug-likeness (QED) is 0.384. The average Bonchev–Trinajstić information content (AvgIpc) is 3.12. The van der Waals surface area contributed by atoms with Crippen LogP contribution in [0.1, 0.15) is 5.56 Å². The van der Waals surface area contributed by atoms with Crippen LogP contribution in [0.4, 0.5) is 0 Å². The third kappa shape index (κ3) is 4.38. The molecule has 0 unspecified atom stereocenters. The molecule has 0 aliphatic heterocycles. The zero-order chi connectivity index (χ0) is 21.0. The predicted molar refractivity (Wildman–Crippen MR) is 116 cm³/mol. The van der Waals surface area contributed by atoms with E-state index in [1.54, 1.807) is 34.5 Å². The molecule has 2 aromatic carbocycles. The first-order valence-corrected chi connectivity index (χ1v) is 10.3. The predicted octanol–water partition coefficient (Wildman–Crippen LogP) is 3.75. The van der Waals surface area contributed by atoms with Crippen molar-refractivity contribution in [3.63, 3.8) is 0 Å². The van der Waals surface area contributed by atoms with Gasteiger partial charge in [0, 0.05) is 15.8 Å². The van der Waals surface area contributed by atoms with Crippen LogP contribution in [0.15, 0.2) is 40.0 Å². The van der Waals surface area contributed by atoms with Gasteiger partial charge in [-0.05, 0) is 35.9 Å². The van der Waals surface area contributed by atoms with Crippen LogP contribution in [-0.4, -0.2) is 43.3 Å². The lowest BCUT2D eigenvalue weighted by Gasteiger charge is -2.12. The number of aromatic nitrogens is 3. The first-order chi connectivity index (χ1) is 14.0. The van der Waals surface area contributed by atoms with Gasteiger partial charge < -0.3 is 24.8 Å². The summed E-state index contributed by atoms with van der Waals surface area (Å²) in [6, 6.07) is 9.26. The van der Waals surface area contributed by atoms with E-state index in [-0.39, 0.29) is 0 Å². The van der Waals surface area contributed by atoms with Crippen molar-refractivity contribution in [2.75, 3.05) is 34.3 Å². The van der Waals surface area contributed by atoms with Crippen molar-refractivity contribution in [2.24, 2.45) is 0 Å². The molecule has 10 heteroatoms. The highest BCUT2D eigenvalue weighted by Crippen LogP contribution is 2.36. The highest BCUT2D eigenvalue weighted by atomic mass is 79.9. The molecule has 0 aliphatic rings. The number of ether oxygens (including phenoxy) is 4. The summed E-state index contributed by atoms with van der Waals surface area (Å²) in [5.41, 5.74) is 1.79. The van der Waals surface area contributed by atoms with Gasteiger partial charge in [-0.1, -0.05) is 27.7 Å². The fourth-order valence-electron chi connectivity index (χ4n) is 2.70. The Morgan fingerprint density at radius 2 is 1.52 bits per heavy atom. The summed E-state index contributed by atoms with van der Waals surface area (Å²) in [5.74, 6) is 9.93. The summed E-state index contributed by atoms with van der Waals surface area (Å²) in [5, 5.41) is 9.03. The maximum absolute atomic E-state index is 6.24. The molecule has 8 nitrogen and oxygen atoms in total. The largest absolute Gasteiger partial charge is 0.493 e. The molecular weight excluding hydrogens is 460 g/mol. The fraction of sp³-hybridized carbons (Fsp3) is 0.263. The van der Waals surface area contributed by atoms with Gasteiger partial charge in [-0.15, -0.1) is 10.2 Å². The van der Waals surface area contributed by atoms with Gasteiger partial charge in [-0.3, -0.25) is 0 Å². The van der Waals surface area contributed by atoms with Gasteiger partial charge in [0.1, 0.15) is 0 Å². The normalized spacial score (nSPS) is 10.7. The van der Waals surface area contributed by atoms with Crippen molar-refractivity contribution in [2.45, 2.75) is 10.9 Å². The summed E-state index contributed by atoms with van der Waals surface area (Å²) < 4.78 is 23.7. The van der Waals surface area contributed by atoms with Gasteiger partial charge >= 0.3 is 0 Å². The van der Waals surface area contributed by atoms with Gasteiger partial charge in [0.2, 0.25) is 5.16 Å². The third-order valence-electron chi connectivity index (χ3n) is 4.22. The maximum atomic E-state index is 6.24. The second kappa shape index (κ2) is 9.27. The van der Waals surface area contributed by atoms with E-state index in [0.717, 1.165) is 15.6 Å². The molecule has 1 heterocycles. The minimum absolute atomic E-state index is 0.528. The topological polar surface area (TPSA) is 93.7 Å². The molecule has 154 valence electrons. The van der Waals surface area contributed by atoms with E-state index in [1.807, 2.05) is 24.3 Å². The van der Waals surface area contributed by atoms with E-state index in [1.165, 1.54) is 16.4 Å². The van der Waals surface area contributed by atoms with Gasteiger partial charge in [0.15, 0.2) is 28.8 Å². The van der Waals surface area contributed by atoms with E-state index >= 15 is 0 Å². The van der Waals surface area contributed by atoms with Crippen LogP contribution in [0.2, 0.25) is 0 Å². The zero-order valence-corrected chi connectivity index (χ0v) is 18.8. The molecule has 0 saturated carbocycles. The van der Waals surface area contributed by atoms with Crippen LogP contribution >= 0.6 is 27.7 Å². The van der Waals surface area contributed by atoms with Gasteiger partial charge in [-0.2, -0.15) is 0 Å². The lowest BCUT2D eigenvalue weighted by Crippen LogP contribution is -2.11. The number of nitrogens with zero attached hydrogens (tertiary/aromatic N) is 3. The Bertz CT molecular complexity index is 1010. The van der Waals surface area contributed by atoms with Gasteiger partial charge in [0.25, 0.3) is 0 Å². The number of halogens is 1. The molecule has 3 aromatic rings. The monoisotopic (exact) mass is 480 g/mol. The van der Waals surface area contributed by atoms with Crippen LogP contribution in [0.5, 0.6) is 23.0 Å². The standard InChI is InChI=1S/C19H21BrN4O4S/c1-25-14-6-5-11(7-15(14)26-2)18-22-23-19(24(18)21)29-10-12-8-16(27-3)17(28-4)9-13(12)20/h5-9H,10,21H2,1-4H3. The number of nitrogen functional groups attached to an aromatic ring is 1. The summed E-state index contributed by atoms with van der Waals surface area (Å²) >= 11 is 5.03. The molecule has 2 N–H and O–H groups in total. The molecule has 0 atom stereocenters. The molecule has 29 heavy (non-hydrogen) atoms. The molecule has 0 bridgehead atoms. The zero-order valence-electron chi connectivity index (χ0n) is 16.4. The summed E-state index contributed by atoms with van der Waals surface area (Å²) in [6.07, 6.45) is 0. The number of methoxy groups -OCH3 is 4. The second-order valence-electron chi connectivity index (χ2n) is 5.83. The van der Waals surface area contributed by atoms with Crippen LogP contribution in [-0.2, 0) is 5.75 Å². The van der Waals surface area contributed by atoms with E-state index in [2.05, 4.69) is 26.1 Å². The average molecular weight is 481 g/mol. The third-order valence-corrected chi connectivity index (χ3v) is 5.95. The molecular formula is C19H21BrN4O4S. The van der Waals surface area contributed by atoms with Crippen molar-refractivity contribution in [1.82, 2.24) is 14.9 Å². The molecule has 0 aliphatic carbocycles. The summed E-state index contributed by atoms with van der Waals surface area (Å²) in [6.45, 7) is 0. The fourth-order valence-corrected chi connectivity index (χ4v) is 4.19. The Labute approximate surface area is 181 Å². The van der Waals surface area contributed by atoms with Crippen LogP contribution in [0, 0.1) is 0 Å². The molecule has 0 radical (unpaired) electrons. The van der Waals surface area contributed by atoms with Crippen molar-refractivity contribution < 1.29 is 18.9 Å². The Morgan fingerprint density at radius 1 is 0.897 bits per heavy atom. The maximum Gasteiger partial charge on any atom is 0.210 e. The van der Waals surface area contributed by atoms with E-state index in [9.17, 15) is 0 Å². The molecule has 3 rings (SSSR count). The second-order valence-corrected chi connectivity index (χ2v) is 7.63. The smallest absolute Gasteiger partial charge is 0.210 e. The first-order valence-electron chi connectivity index (χ1n) is 8.48. The molecule has 0 spiro atoms. The van der Waals surface area contributed by atoms with Crippen LogP contribution in [0.3, 0.4) is 0 Å². The number of thioether (sulfide) groups is 1. The minimum atomic E-state index is 0.528. The number of hydrogen-bond acceptors (Lipinski definition) is 8. The van der Waals surface area contributed by atoms with E-state index in [0.29, 0.717) is 39.7 Å². The van der Waals surface area contributed by atoms with Crippen molar-refractivity contribution in [3.8, 4) is 34.4 Å². The molecule has 0 amide bonds. The number of hydrogen-bond donors (Lipinski definition) is 1. The first kappa shape index (κ1) is 21.1. The Balaban J connectivity index is 1.82. The van der Waals surface area contributed by atoms with Crippen molar-refractivity contribution >= 4 is 27.7 Å². The van der Waals surface area contributed by atoms with Crippen LogP contribution in [0.25, 0.3) is 11.4 Å². The van der Waals surface area contributed by atoms with E-state index in [4.69, 9.17) is 24.8 Å². The highest BCUT2D eigenvalue weighted by molar-refractivity contribution is 9.10. The summed E-state index contributed by atoms with van der Waals surface area (Å²) in [4.78, 5) is 0. The number of rotatable bonds is 8. The number of benzene rings is 2. The lowest BCUT2D eigenvalue weighted by molar-refractivity contribution is 0.354. The van der Waals surface area contributed by atoms with Crippen LogP contribution < -0.4 is 24.8 Å². The Hall–Kier alpha value is -2.59. The SMILES string of the molecule is COc1ccc(-c2nnc(SCc3cc(OC)c(OC)cc3Br)n2N)cc1OC. The highest BCUT2D eigenvalue weighted by Gasteiger charge is 2.16. The lowest BCUT2D eigenvalue weighted by atomic mass is 10.2. The van der Waals surface area contributed by atoms with Crippen molar-refractivity contribution in [3.05, 3.63) is 40.4 Å². The Morgan fingerprint density at radius 3 is 2.17 bits per heavy atom. The van der Waals surface area contributed by atoms with Gasteiger partial charge in [0.05, 0.1) is 28.4 Å². The Kier molecular flexibility index (Phi) is 6.75. The number of nitrogens with two attached hydrogens (primary N) is 1. The minimum Gasteiger partial charge on any atom is -0.493 e. The van der Waals surface area contributed by atoms with Crippen molar-refractivity contribution in [1.29, 1.82) is 0 Å². The molecule has 0 fully saturated rings. The molecule has 0 saturated heterocycles. The van der Waals surface area contributed by atoms with E-state index < -0.39 is 0 Å².